The van der Waals surface area contributed by atoms with Crippen LogP contribution in [-0.4, -0.2) is 0 Å². The highest BCUT2D eigenvalue weighted by Gasteiger charge is 2.04. The zero-order chi connectivity index (χ0) is 10.8. The van der Waals surface area contributed by atoms with E-state index in [1.807, 2.05) is 6.92 Å². The average Bonchev–Trinajstić information content (AvgIpc) is 2.21. The number of unbranched alkanes of at least 4 members (excludes halogenated alkanes) is 2. The SMILES string of the molecule is CCCCC(/C=C(\C)C#N)CCCC. The summed E-state index contributed by atoms with van der Waals surface area (Å²) in [5.41, 5.74) is 0.877. The molecule has 0 saturated heterocycles. The van der Waals surface area contributed by atoms with E-state index in [0.717, 1.165) is 5.57 Å². The molecule has 0 N–H and O–H groups in total. The molecule has 1 heteroatoms. The molecule has 0 fully saturated rings. The summed E-state index contributed by atoms with van der Waals surface area (Å²) in [4.78, 5) is 0. The van der Waals surface area contributed by atoms with Crippen molar-refractivity contribution in [3.05, 3.63) is 11.6 Å². The topological polar surface area (TPSA) is 23.8 Å². The Morgan fingerprint density at radius 1 is 1.21 bits per heavy atom. The van der Waals surface area contributed by atoms with Crippen LogP contribution in [0, 0.1) is 17.2 Å². The van der Waals surface area contributed by atoms with Gasteiger partial charge in [0.15, 0.2) is 0 Å². The summed E-state index contributed by atoms with van der Waals surface area (Å²) in [5, 5.41) is 8.72. The molecule has 0 heterocycles. The standard InChI is InChI=1S/C13H23N/c1-4-6-8-13(9-7-5-2)10-12(3)11-14/h10,13H,4-9H2,1-3H3/b12-10+. The molecule has 0 aliphatic carbocycles. The van der Waals surface area contributed by atoms with Crippen molar-refractivity contribution in [2.75, 3.05) is 0 Å². The summed E-state index contributed by atoms with van der Waals surface area (Å²) >= 11 is 0. The first-order valence-electron chi connectivity index (χ1n) is 5.83. The highest BCUT2D eigenvalue weighted by Crippen LogP contribution is 2.18. The molecule has 0 aliphatic heterocycles. The minimum Gasteiger partial charge on any atom is -0.193 e. The van der Waals surface area contributed by atoms with Crippen molar-refractivity contribution in [2.45, 2.75) is 59.3 Å². The largest absolute Gasteiger partial charge is 0.193 e. The van der Waals surface area contributed by atoms with Gasteiger partial charge in [-0.05, 0) is 25.7 Å². The van der Waals surface area contributed by atoms with E-state index in [-0.39, 0.29) is 0 Å². The van der Waals surface area contributed by atoms with Crippen molar-refractivity contribution < 1.29 is 0 Å². The van der Waals surface area contributed by atoms with Crippen molar-refractivity contribution in [1.29, 1.82) is 5.26 Å². The summed E-state index contributed by atoms with van der Waals surface area (Å²) in [6, 6.07) is 2.21. The third-order valence-corrected chi connectivity index (χ3v) is 2.52. The third kappa shape index (κ3) is 6.71. The van der Waals surface area contributed by atoms with Crippen molar-refractivity contribution in [3.63, 3.8) is 0 Å². The van der Waals surface area contributed by atoms with E-state index < -0.39 is 0 Å². The molecule has 0 saturated carbocycles. The molecule has 0 aromatic rings. The van der Waals surface area contributed by atoms with Gasteiger partial charge in [-0.3, -0.25) is 0 Å². The maximum absolute atomic E-state index is 8.72. The summed E-state index contributed by atoms with van der Waals surface area (Å²) in [6.45, 7) is 6.35. The summed E-state index contributed by atoms with van der Waals surface area (Å²) < 4.78 is 0. The fraction of sp³-hybridized carbons (Fsp3) is 0.769. The first kappa shape index (κ1) is 13.2. The molecule has 0 aliphatic rings. The predicted octanol–water partition coefficient (Wildman–Crippen LogP) is 4.45. The number of allylic oxidation sites excluding steroid dienone is 2. The van der Waals surface area contributed by atoms with Crippen molar-refractivity contribution in [3.8, 4) is 6.07 Å². The van der Waals surface area contributed by atoms with Gasteiger partial charge in [0.2, 0.25) is 0 Å². The van der Waals surface area contributed by atoms with Crippen LogP contribution in [0.25, 0.3) is 0 Å². The minimum absolute atomic E-state index is 0.634. The Bertz CT molecular complexity index is 190. The molecule has 0 rings (SSSR count). The van der Waals surface area contributed by atoms with Gasteiger partial charge in [-0.15, -0.1) is 0 Å². The van der Waals surface area contributed by atoms with Gasteiger partial charge in [0.1, 0.15) is 0 Å². The van der Waals surface area contributed by atoms with Gasteiger partial charge in [-0.2, -0.15) is 5.26 Å². The Balaban J connectivity index is 4.04. The predicted molar refractivity (Wildman–Crippen MR) is 61.9 cm³/mol. The summed E-state index contributed by atoms with van der Waals surface area (Å²) in [6.07, 6.45) is 9.72. The zero-order valence-corrected chi connectivity index (χ0v) is 9.84. The molecule has 0 amide bonds. The molecular formula is C13H23N. The van der Waals surface area contributed by atoms with E-state index in [1.165, 1.54) is 38.5 Å². The Morgan fingerprint density at radius 3 is 2.07 bits per heavy atom. The lowest BCUT2D eigenvalue weighted by Crippen LogP contribution is -1.97. The maximum Gasteiger partial charge on any atom is 0.0940 e. The Morgan fingerprint density at radius 2 is 1.71 bits per heavy atom. The number of hydrogen-bond acceptors (Lipinski definition) is 1. The Hall–Kier alpha value is -0.770. The van der Waals surface area contributed by atoms with Gasteiger partial charge >= 0.3 is 0 Å². The number of hydrogen-bond donors (Lipinski definition) is 0. The normalized spacial score (nSPS) is 11.8. The highest BCUT2D eigenvalue weighted by atomic mass is 14.2. The highest BCUT2D eigenvalue weighted by molar-refractivity contribution is 5.18. The van der Waals surface area contributed by atoms with E-state index in [2.05, 4.69) is 26.0 Å². The Kier molecular flexibility index (Phi) is 8.33. The van der Waals surface area contributed by atoms with Crippen molar-refractivity contribution in [1.82, 2.24) is 0 Å². The molecular weight excluding hydrogens is 170 g/mol. The van der Waals surface area contributed by atoms with Crippen LogP contribution in [0.2, 0.25) is 0 Å². The lowest BCUT2D eigenvalue weighted by Gasteiger charge is -2.11. The molecule has 0 unspecified atom stereocenters. The van der Waals surface area contributed by atoms with Crippen molar-refractivity contribution >= 4 is 0 Å². The van der Waals surface area contributed by atoms with Crippen LogP contribution < -0.4 is 0 Å². The van der Waals surface area contributed by atoms with Crippen LogP contribution in [0.5, 0.6) is 0 Å². The van der Waals surface area contributed by atoms with Gasteiger partial charge in [-0.25, -0.2) is 0 Å². The fourth-order valence-corrected chi connectivity index (χ4v) is 1.63. The smallest absolute Gasteiger partial charge is 0.0940 e. The molecule has 0 radical (unpaired) electrons. The molecule has 0 aromatic heterocycles. The van der Waals surface area contributed by atoms with E-state index in [4.69, 9.17) is 5.26 Å². The van der Waals surface area contributed by atoms with E-state index in [1.54, 1.807) is 0 Å². The fourth-order valence-electron chi connectivity index (χ4n) is 1.63. The third-order valence-electron chi connectivity index (χ3n) is 2.52. The summed E-state index contributed by atoms with van der Waals surface area (Å²) in [7, 11) is 0. The molecule has 0 spiro atoms. The van der Waals surface area contributed by atoms with E-state index >= 15 is 0 Å². The molecule has 1 nitrogen and oxygen atoms in total. The first-order valence-corrected chi connectivity index (χ1v) is 5.83. The quantitative estimate of drug-likeness (QED) is 0.548. The van der Waals surface area contributed by atoms with Gasteiger partial charge in [0.05, 0.1) is 6.07 Å². The van der Waals surface area contributed by atoms with E-state index in [0.29, 0.717) is 5.92 Å². The van der Waals surface area contributed by atoms with E-state index in [9.17, 15) is 0 Å². The van der Waals surface area contributed by atoms with Gasteiger partial charge in [-0.1, -0.05) is 45.6 Å². The second-order valence-electron chi connectivity index (χ2n) is 4.01. The minimum atomic E-state index is 0.634. The number of nitriles is 1. The lowest BCUT2D eigenvalue weighted by molar-refractivity contribution is 0.496. The lowest BCUT2D eigenvalue weighted by atomic mass is 9.94. The summed E-state index contributed by atoms with van der Waals surface area (Å²) in [5.74, 6) is 0.634. The molecule has 0 atom stereocenters. The monoisotopic (exact) mass is 193 g/mol. The maximum atomic E-state index is 8.72. The van der Waals surface area contributed by atoms with Gasteiger partial charge < -0.3 is 0 Å². The molecule has 14 heavy (non-hydrogen) atoms. The van der Waals surface area contributed by atoms with Gasteiger partial charge in [0, 0.05) is 5.57 Å². The molecule has 80 valence electrons. The molecule has 0 aromatic carbocycles. The van der Waals surface area contributed by atoms with Crippen LogP contribution in [0.15, 0.2) is 11.6 Å². The van der Waals surface area contributed by atoms with Crippen LogP contribution in [-0.2, 0) is 0 Å². The Labute approximate surface area is 88.8 Å². The van der Waals surface area contributed by atoms with Crippen LogP contribution in [0.1, 0.15) is 59.3 Å². The van der Waals surface area contributed by atoms with Gasteiger partial charge in [0.25, 0.3) is 0 Å². The number of nitrogens with zero attached hydrogens (tertiary/aromatic N) is 1. The second kappa shape index (κ2) is 8.81. The number of rotatable bonds is 7. The average molecular weight is 193 g/mol. The van der Waals surface area contributed by atoms with Crippen LogP contribution in [0.3, 0.4) is 0 Å². The molecule has 0 bridgehead atoms. The first-order chi connectivity index (χ1) is 6.74. The van der Waals surface area contributed by atoms with Crippen LogP contribution in [0.4, 0.5) is 0 Å². The zero-order valence-electron chi connectivity index (χ0n) is 9.84. The second-order valence-corrected chi connectivity index (χ2v) is 4.01. The van der Waals surface area contributed by atoms with Crippen molar-refractivity contribution in [2.24, 2.45) is 5.92 Å². The van der Waals surface area contributed by atoms with Crippen LogP contribution >= 0.6 is 0 Å².